The molecule has 0 unspecified atom stereocenters. The number of benzene rings is 2. The molecule has 27 heavy (non-hydrogen) atoms. The third kappa shape index (κ3) is 4.56. The smallest absolute Gasteiger partial charge is 0.243 e. The Bertz CT molecular complexity index is 909. The summed E-state index contributed by atoms with van der Waals surface area (Å²) in [5, 5.41) is 9.23. The maximum Gasteiger partial charge on any atom is 0.243 e. The first-order valence-corrected chi connectivity index (χ1v) is 10.9. The van der Waals surface area contributed by atoms with Crippen LogP contribution in [-0.2, 0) is 23.0 Å². The zero-order chi connectivity index (χ0) is 19.3. The lowest BCUT2D eigenvalue weighted by Crippen LogP contribution is -3.13. The molecule has 0 radical (unpaired) electrons. The van der Waals surface area contributed by atoms with E-state index in [1.807, 2.05) is 36.4 Å². The van der Waals surface area contributed by atoms with Gasteiger partial charge >= 0.3 is 0 Å². The molecule has 0 aromatic heterocycles. The second-order valence-corrected chi connectivity index (χ2v) is 8.93. The fourth-order valence-electron chi connectivity index (χ4n) is 3.54. The number of piperazine rings is 1. The van der Waals surface area contributed by atoms with Crippen LogP contribution in [0.15, 0.2) is 53.4 Å². The lowest BCUT2D eigenvalue weighted by Gasteiger charge is -2.31. The molecule has 1 aliphatic rings. The standard InChI is InChI=1S/C21H25N3O2S/c1-2-5-18-8-10-21(11-9-18)27(25,26)24-14-12-23(13-15-24)17-20-7-4-3-6-19(20)16-22/h3-4,6-11H,2,5,12-15,17H2,1H3/p+1. The van der Waals surface area contributed by atoms with Crippen LogP contribution in [0.3, 0.4) is 0 Å². The summed E-state index contributed by atoms with van der Waals surface area (Å²) in [5.41, 5.74) is 2.90. The molecular weight excluding hydrogens is 358 g/mol. The highest BCUT2D eigenvalue weighted by atomic mass is 32.2. The van der Waals surface area contributed by atoms with E-state index < -0.39 is 10.0 Å². The monoisotopic (exact) mass is 384 g/mol. The predicted octanol–water partition coefficient (Wildman–Crippen LogP) is 1.60. The minimum atomic E-state index is -3.44. The van der Waals surface area contributed by atoms with Crippen LogP contribution < -0.4 is 4.90 Å². The molecule has 2 aromatic carbocycles. The number of quaternary nitrogens is 1. The molecule has 1 N–H and O–H groups in total. The van der Waals surface area contributed by atoms with E-state index in [4.69, 9.17) is 0 Å². The second-order valence-electron chi connectivity index (χ2n) is 6.99. The highest BCUT2D eigenvalue weighted by Gasteiger charge is 2.30. The summed E-state index contributed by atoms with van der Waals surface area (Å²) in [5.74, 6) is 0. The minimum absolute atomic E-state index is 0.376. The Morgan fingerprint density at radius 1 is 1.07 bits per heavy atom. The van der Waals surface area contributed by atoms with Crippen LogP contribution in [0.4, 0.5) is 0 Å². The van der Waals surface area contributed by atoms with Gasteiger partial charge in [0.1, 0.15) is 6.54 Å². The fourth-order valence-corrected chi connectivity index (χ4v) is 4.98. The Labute approximate surface area is 161 Å². The van der Waals surface area contributed by atoms with Gasteiger partial charge in [-0.2, -0.15) is 9.57 Å². The van der Waals surface area contributed by atoms with Gasteiger partial charge in [-0.3, -0.25) is 0 Å². The molecular formula is C21H26N3O2S+. The van der Waals surface area contributed by atoms with Crippen LogP contribution in [0.5, 0.6) is 0 Å². The zero-order valence-corrected chi connectivity index (χ0v) is 16.5. The van der Waals surface area contributed by atoms with Gasteiger partial charge in [0.2, 0.25) is 10.0 Å². The predicted molar refractivity (Wildman–Crippen MR) is 105 cm³/mol. The van der Waals surface area contributed by atoms with Gasteiger partial charge in [-0.1, -0.05) is 43.7 Å². The third-order valence-electron chi connectivity index (χ3n) is 5.11. The number of nitrogens with one attached hydrogen (secondary N) is 1. The number of aryl methyl sites for hydroxylation is 1. The topological polar surface area (TPSA) is 65.6 Å². The number of hydrogen-bond acceptors (Lipinski definition) is 3. The van der Waals surface area contributed by atoms with E-state index in [9.17, 15) is 13.7 Å². The molecule has 0 spiro atoms. The zero-order valence-electron chi connectivity index (χ0n) is 15.7. The van der Waals surface area contributed by atoms with E-state index in [1.165, 1.54) is 10.5 Å². The maximum absolute atomic E-state index is 12.9. The number of hydrogen-bond donors (Lipinski definition) is 1. The van der Waals surface area contributed by atoms with Crippen molar-refractivity contribution in [1.29, 1.82) is 5.26 Å². The molecule has 0 atom stereocenters. The normalized spacial score (nSPS) is 16.1. The minimum Gasteiger partial charge on any atom is -0.329 e. The van der Waals surface area contributed by atoms with E-state index >= 15 is 0 Å². The quantitative estimate of drug-likeness (QED) is 0.823. The van der Waals surface area contributed by atoms with Crippen LogP contribution in [0.1, 0.15) is 30.0 Å². The van der Waals surface area contributed by atoms with Gasteiger partial charge in [0.15, 0.2) is 0 Å². The number of nitriles is 1. The van der Waals surface area contributed by atoms with Gasteiger partial charge in [-0.15, -0.1) is 0 Å². The molecule has 0 aliphatic carbocycles. The van der Waals surface area contributed by atoms with Crippen molar-refractivity contribution in [2.75, 3.05) is 26.2 Å². The van der Waals surface area contributed by atoms with Gasteiger partial charge < -0.3 is 4.90 Å². The van der Waals surface area contributed by atoms with Gasteiger partial charge in [0.05, 0.1) is 42.7 Å². The summed E-state index contributed by atoms with van der Waals surface area (Å²) in [6.45, 7) is 5.36. The first-order valence-electron chi connectivity index (χ1n) is 9.45. The molecule has 2 aromatic rings. The maximum atomic E-state index is 12.9. The average Bonchev–Trinajstić information content (AvgIpc) is 2.69. The van der Waals surface area contributed by atoms with Crippen molar-refractivity contribution in [1.82, 2.24) is 4.31 Å². The van der Waals surface area contributed by atoms with Crippen LogP contribution in [-0.4, -0.2) is 38.9 Å². The molecule has 0 saturated carbocycles. The van der Waals surface area contributed by atoms with E-state index in [2.05, 4.69) is 13.0 Å². The highest BCUT2D eigenvalue weighted by Crippen LogP contribution is 2.17. The van der Waals surface area contributed by atoms with Crippen molar-refractivity contribution in [3.05, 3.63) is 65.2 Å². The van der Waals surface area contributed by atoms with Crippen molar-refractivity contribution in [3.8, 4) is 6.07 Å². The largest absolute Gasteiger partial charge is 0.329 e. The van der Waals surface area contributed by atoms with Crippen molar-refractivity contribution >= 4 is 10.0 Å². The molecule has 3 rings (SSSR count). The molecule has 0 bridgehead atoms. The van der Waals surface area contributed by atoms with Crippen LogP contribution in [0.25, 0.3) is 0 Å². The van der Waals surface area contributed by atoms with Crippen molar-refractivity contribution in [3.63, 3.8) is 0 Å². The van der Waals surface area contributed by atoms with Crippen molar-refractivity contribution < 1.29 is 13.3 Å². The van der Waals surface area contributed by atoms with Gasteiger partial charge in [0.25, 0.3) is 0 Å². The lowest BCUT2D eigenvalue weighted by atomic mass is 10.1. The summed E-state index contributed by atoms with van der Waals surface area (Å²) in [7, 11) is -3.44. The average molecular weight is 385 g/mol. The fraction of sp³-hybridized carbons (Fsp3) is 0.381. The lowest BCUT2D eigenvalue weighted by molar-refractivity contribution is -0.917. The first-order chi connectivity index (χ1) is 13.0. The Morgan fingerprint density at radius 2 is 1.74 bits per heavy atom. The summed E-state index contributed by atoms with van der Waals surface area (Å²) in [6.07, 6.45) is 2.01. The van der Waals surface area contributed by atoms with Crippen molar-refractivity contribution in [2.24, 2.45) is 0 Å². The highest BCUT2D eigenvalue weighted by molar-refractivity contribution is 7.89. The summed E-state index contributed by atoms with van der Waals surface area (Å²) in [6, 6.07) is 17.1. The van der Waals surface area contributed by atoms with Crippen LogP contribution in [0.2, 0.25) is 0 Å². The summed E-state index contributed by atoms with van der Waals surface area (Å²) >= 11 is 0. The third-order valence-corrected chi connectivity index (χ3v) is 7.02. The molecule has 0 amide bonds. The number of sulfonamides is 1. The second kappa shape index (κ2) is 8.66. The number of rotatable bonds is 6. The van der Waals surface area contributed by atoms with Gasteiger partial charge in [0, 0.05) is 5.56 Å². The molecule has 1 heterocycles. The molecule has 5 nitrogen and oxygen atoms in total. The Balaban J connectivity index is 1.63. The summed E-state index contributed by atoms with van der Waals surface area (Å²) < 4.78 is 27.4. The van der Waals surface area contributed by atoms with Gasteiger partial charge in [-0.05, 0) is 30.2 Å². The number of nitrogens with zero attached hydrogens (tertiary/aromatic N) is 2. The van der Waals surface area contributed by atoms with Crippen LogP contribution in [0, 0.1) is 11.3 Å². The summed E-state index contributed by atoms with van der Waals surface area (Å²) in [4.78, 5) is 1.68. The Morgan fingerprint density at radius 3 is 2.37 bits per heavy atom. The first kappa shape index (κ1) is 19.6. The van der Waals surface area contributed by atoms with E-state index in [0.717, 1.165) is 38.0 Å². The van der Waals surface area contributed by atoms with E-state index in [1.54, 1.807) is 16.4 Å². The van der Waals surface area contributed by atoms with Crippen LogP contribution >= 0.6 is 0 Å². The molecule has 1 saturated heterocycles. The Hall–Kier alpha value is -2.20. The molecule has 6 heteroatoms. The SMILES string of the molecule is CCCc1ccc(S(=O)(=O)N2CC[NH+](Cc3ccccc3C#N)CC2)cc1. The van der Waals surface area contributed by atoms with Gasteiger partial charge in [-0.25, -0.2) is 8.42 Å². The van der Waals surface area contributed by atoms with E-state index in [0.29, 0.717) is 23.5 Å². The molecule has 1 aliphatic heterocycles. The van der Waals surface area contributed by atoms with Crippen molar-refractivity contribution in [2.45, 2.75) is 31.2 Å². The Kier molecular flexibility index (Phi) is 6.27. The van der Waals surface area contributed by atoms with E-state index in [-0.39, 0.29) is 0 Å². The molecule has 142 valence electrons. The molecule has 1 fully saturated rings.